The number of amides is 1. The van der Waals surface area contributed by atoms with Crippen molar-refractivity contribution in [3.63, 3.8) is 0 Å². The van der Waals surface area contributed by atoms with E-state index in [0.717, 1.165) is 16.3 Å². The van der Waals surface area contributed by atoms with Gasteiger partial charge < -0.3 is 19.9 Å². The standard InChI is InChI=1S/C20H16N8O2S/c1-11-25-13(10-31-11)8-24-19(29)17-18(21)27-16(20-23-5-7-30-20)15(26-17)12-2-3-14-22-4-6-28(14)9-12/h2-7,9-10H,8H2,1H3,(H2,21,27)(H,24,29). The van der Waals surface area contributed by atoms with Gasteiger partial charge in [0, 0.05) is 29.5 Å². The Labute approximate surface area is 179 Å². The number of aromatic nitrogens is 6. The maximum absolute atomic E-state index is 12.8. The first-order valence-electron chi connectivity index (χ1n) is 9.28. The predicted octanol–water partition coefficient (Wildman–Crippen LogP) is 2.72. The molecule has 10 nitrogen and oxygen atoms in total. The van der Waals surface area contributed by atoms with E-state index in [1.54, 1.807) is 6.20 Å². The second kappa shape index (κ2) is 7.61. The van der Waals surface area contributed by atoms with E-state index >= 15 is 0 Å². The van der Waals surface area contributed by atoms with E-state index in [-0.39, 0.29) is 23.9 Å². The Kier molecular flexibility index (Phi) is 4.64. The molecule has 3 N–H and O–H groups in total. The predicted molar refractivity (Wildman–Crippen MR) is 114 cm³/mol. The Hall–Kier alpha value is -4.12. The number of pyridine rings is 1. The number of carbonyl (C=O) groups excluding carboxylic acids is 1. The van der Waals surface area contributed by atoms with E-state index in [1.165, 1.54) is 23.8 Å². The number of nitrogens with one attached hydrogen (secondary N) is 1. The first kappa shape index (κ1) is 18.9. The van der Waals surface area contributed by atoms with Crippen molar-refractivity contribution >= 4 is 28.7 Å². The van der Waals surface area contributed by atoms with E-state index in [0.29, 0.717) is 17.0 Å². The summed E-state index contributed by atoms with van der Waals surface area (Å²) in [5.41, 5.74) is 9.12. The van der Waals surface area contributed by atoms with Gasteiger partial charge in [-0.3, -0.25) is 4.79 Å². The van der Waals surface area contributed by atoms with Gasteiger partial charge in [0.25, 0.3) is 5.91 Å². The van der Waals surface area contributed by atoms with Crippen molar-refractivity contribution in [2.75, 3.05) is 5.73 Å². The molecule has 0 aliphatic carbocycles. The van der Waals surface area contributed by atoms with Crippen molar-refractivity contribution in [1.82, 2.24) is 34.6 Å². The van der Waals surface area contributed by atoms with Crippen molar-refractivity contribution in [3.8, 4) is 22.8 Å². The first-order chi connectivity index (χ1) is 15.1. The lowest BCUT2D eigenvalue weighted by atomic mass is 10.1. The van der Waals surface area contributed by atoms with Crippen LogP contribution in [0, 0.1) is 6.92 Å². The molecule has 5 rings (SSSR count). The number of carbonyl (C=O) groups is 1. The van der Waals surface area contributed by atoms with Crippen LogP contribution in [0.25, 0.3) is 28.5 Å². The molecule has 5 aromatic heterocycles. The zero-order chi connectivity index (χ0) is 21.4. The SMILES string of the molecule is Cc1nc(CNC(=O)c2nc(-c3ccc4nccn4c3)c(-c3ncco3)nc2N)cs1. The summed E-state index contributed by atoms with van der Waals surface area (Å²) in [6.07, 6.45) is 8.30. The summed E-state index contributed by atoms with van der Waals surface area (Å²) in [6.45, 7) is 2.17. The third kappa shape index (κ3) is 3.62. The van der Waals surface area contributed by atoms with Crippen LogP contribution in [0.2, 0.25) is 0 Å². The fourth-order valence-corrected chi connectivity index (χ4v) is 3.72. The van der Waals surface area contributed by atoms with Crippen LogP contribution in [0.15, 0.2) is 53.0 Å². The van der Waals surface area contributed by atoms with Crippen molar-refractivity contribution in [2.45, 2.75) is 13.5 Å². The van der Waals surface area contributed by atoms with E-state index in [2.05, 4.69) is 30.2 Å². The number of fused-ring (bicyclic) bond motifs is 1. The van der Waals surface area contributed by atoms with E-state index in [1.807, 2.05) is 41.2 Å². The molecule has 0 aromatic carbocycles. The van der Waals surface area contributed by atoms with E-state index < -0.39 is 5.91 Å². The molecule has 11 heteroatoms. The van der Waals surface area contributed by atoms with Crippen molar-refractivity contribution < 1.29 is 9.21 Å². The molecule has 0 unspecified atom stereocenters. The second-order valence-electron chi connectivity index (χ2n) is 6.64. The van der Waals surface area contributed by atoms with Gasteiger partial charge in [0.1, 0.15) is 17.6 Å². The van der Waals surface area contributed by atoms with E-state index in [4.69, 9.17) is 10.2 Å². The molecular formula is C20H16N8O2S. The normalized spacial score (nSPS) is 11.1. The largest absolute Gasteiger partial charge is 0.443 e. The molecule has 0 atom stereocenters. The minimum absolute atomic E-state index is 0.0167. The molecule has 0 spiro atoms. The van der Waals surface area contributed by atoms with Crippen LogP contribution in [0.1, 0.15) is 21.2 Å². The third-order valence-electron chi connectivity index (χ3n) is 4.53. The van der Waals surface area contributed by atoms with Crippen LogP contribution in [0.5, 0.6) is 0 Å². The molecule has 0 saturated heterocycles. The number of nitrogens with zero attached hydrogens (tertiary/aromatic N) is 6. The van der Waals surface area contributed by atoms with Crippen LogP contribution in [-0.4, -0.2) is 35.2 Å². The van der Waals surface area contributed by atoms with Crippen LogP contribution in [-0.2, 0) is 6.54 Å². The first-order valence-corrected chi connectivity index (χ1v) is 10.2. The second-order valence-corrected chi connectivity index (χ2v) is 7.71. The van der Waals surface area contributed by atoms with Crippen molar-refractivity contribution in [3.05, 3.63) is 65.0 Å². The molecule has 5 heterocycles. The summed E-state index contributed by atoms with van der Waals surface area (Å²) in [6, 6.07) is 3.69. The number of nitrogen functional groups attached to an aromatic ring is 1. The molecule has 5 aromatic rings. The topological polar surface area (TPSA) is 137 Å². The van der Waals surface area contributed by atoms with Gasteiger partial charge in [0.15, 0.2) is 17.2 Å². The van der Waals surface area contributed by atoms with Gasteiger partial charge >= 0.3 is 0 Å². The Morgan fingerprint density at radius 2 is 2.10 bits per heavy atom. The van der Waals surface area contributed by atoms with Gasteiger partial charge in [0.2, 0.25) is 5.89 Å². The highest BCUT2D eigenvalue weighted by Gasteiger charge is 2.22. The Morgan fingerprint density at radius 3 is 2.87 bits per heavy atom. The number of hydrogen-bond donors (Lipinski definition) is 2. The van der Waals surface area contributed by atoms with Crippen molar-refractivity contribution in [2.24, 2.45) is 0 Å². The average Bonchev–Trinajstić information content (AvgIpc) is 3.53. The van der Waals surface area contributed by atoms with Gasteiger partial charge in [-0.2, -0.15) is 0 Å². The lowest BCUT2D eigenvalue weighted by Crippen LogP contribution is -2.26. The molecular weight excluding hydrogens is 416 g/mol. The fraction of sp³-hybridized carbons (Fsp3) is 0.100. The zero-order valence-corrected chi connectivity index (χ0v) is 17.1. The summed E-state index contributed by atoms with van der Waals surface area (Å²) in [4.78, 5) is 34.5. The van der Waals surface area contributed by atoms with Gasteiger partial charge in [-0.15, -0.1) is 11.3 Å². The number of aryl methyl sites for hydroxylation is 1. The Bertz CT molecular complexity index is 1390. The number of hydrogen-bond acceptors (Lipinski definition) is 9. The van der Waals surface area contributed by atoms with Crippen LogP contribution in [0.3, 0.4) is 0 Å². The summed E-state index contributed by atoms with van der Waals surface area (Å²) >= 11 is 1.52. The maximum atomic E-state index is 12.8. The summed E-state index contributed by atoms with van der Waals surface area (Å²) < 4.78 is 7.27. The maximum Gasteiger partial charge on any atom is 0.274 e. The summed E-state index contributed by atoms with van der Waals surface area (Å²) in [5.74, 6) is -0.211. The molecule has 0 aliphatic heterocycles. The monoisotopic (exact) mass is 432 g/mol. The minimum Gasteiger partial charge on any atom is -0.443 e. The van der Waals surface area contributed by atoms with Crippen molar-refractivity contribution in [1.29, 1.82) is 0 Å². The molecule has 31 heavy (non-hydrogen) atoms. The Morgan fingerprint density at radius 1 is 1.19 bits per heavy atom. The van der Waals surface area contributed by atoms with E-state index in [9.17, 15) is 4.79 Å². The highest BCUT2D eigenvalue weighted by Crippen LogP contribution is 2.30. The Balaban J connectivity index is 1.56. The molecule has 154 valence electrons. The number of rotatable bonds is 5. The van der Waals surface area contributed by atoms with Gasteiger partial charge in [-0.25, -0.2) is 24.9 Å². The number of oxazole rings is 1. The minimum atomic E-state index is -0.445. The number of imidazole rings is 1. The molecule has 0 saturated carbocycles. The van der Waals surface area contributed by atoms with Gasteiger partial charge in [-0.05, 0) is 19.1 Å². The number of nitrogens with two attached hydrogens (primary N) is 1. The highest BCUT2D eigenvalue weighted by molar-refractivity contribution is 7.09. The van der Waals surface area contributed by atoms with Crippen LogP contribution >= 0.6 is 11.3 Å². The van der Waals surface area contributed by atoms with Gasteiger partial charge in [-0.1, -0.05) is 0 Å². The lowest BCUT2D eigenvalue weighted by Gasteiger charge is -2.11. The van der Waals surface area contributed by atoms with Crippen LogP contribution < -0.4 is 11.1 Å². The third-order valence-corrected chi connectivity index (χ3v) is 5.35. The summed E-state index contributed by atoms with van der Waals surface area (Å²) in [7, 11) is 0. The quantitative estimate of drug-likeness (QED) is 0.432. The van der Waals surface area contributed by atoms with Gasteiger partial charge in [0.05, 0.1) is 23.4 Å². The average molecular weight is 432 g/mol. The smallest absolute Gasteiger partial charge is 0.274 e. The summed E-state index contributed by atoms with van der Waals surface area (Å²) in [5, 5.41) is 5.61. The number of thiazole rings is 1. The molecule has 0 fully saturated rings. The molecule has 0 aliphatic rings. The lowest BCUT2D eigenvalue weighted by molar-refractivity contribution is 0.0946. The van der Waals surface area contributed by atoms with Crippen LogP contribution in [0.4, 0.5) is 5.82 Å². The fourth-order valence-electron chi connectivity index (χ4n) is 3.11. The zero-order valence-electron chi connectivity index (χ0n) is 16.3. The molecule has 1 amide bonds. The highest BCUT2D eigenvalue weighted by atomic mass is 32.1. The number of anilines is 1. The molecule has 0 bridgehead atoms. The molecule has 0 radical (unpaired) electrons.